The van der Waals surface area contributed by atoms with E-state index < -0.39 is 5.91 Å². The van der Waals surface area contributed by atoms with Crippen molar-refractivity contribution in [2.24, 2.45) is 0 Å². The number of methoxy groups -OCH3 is 1. The number of amides is 1. The van der Waals surface area contributed by atoms with Gasteiger partial charge >= 0.3 is 0 Å². The molecule has 1 amide bonds. The number of hydrogen-bond acceptors (Lipinski definition) is 5. The minimum atomic E-state index is -0.554. The van der Waals surface area contributed by atoms with E-state index >= 15 is 0 Å². The van der Waals surface area contributed by atoms with Crippen LogP contribution < -0.4 is 15.6 Å². The van der Waals surface area contributed by atoms with Crippen molar-refractivity contribution >= 4 is 23.5 Å². The maximum Gasteiger partial charge on any atom is 0.274 e. The van der Waals surface area contributed by atoms with Crippen molar-refractivity contribution in [2.75, 3.05) is 12.4 Å². The van der Waals surface area contributed by atoms with Crippen molar-refractivity contribution in [3.8, 4) is 5.88 Å². The molecular formula is C11H9ClN4O3. The standard InChI is InChI=1S/C11H9ClN4O3/c1-19-9-5-7(12)14-11(15-9)16-10(18)6-3-2-4-8(17)13-6/h2-5H,1H3,(H,13,17)(H,14,15,16,18). The summed E-state index contributed by atoms with van der Waals surface area (Å²) in [5.74, 6) is -0.349. The summed E-state index contributed by atoms with van der Waals surface area (Å²) in [5, 5.41) is 2.53. The molecule has 0 spiro atoms. The lowest BCUT2D eigenvalue weighted by molar-refractivity contribution is 0.102. The van der Waals surface area contributed by atoms with Crippen LogP contribution in [-0.2, 0) is 0 Å². The van der Waals surface area contributed by atoms with Crippen LogP contribution in [0.5, 0.6) is 5.88 Å². The van der Waals surface area contributed by atoms with Gasteiger partial charge in [0.2, 0.25) is 17.4 Å². The third kappa shape index (κ3) is 3.29. The van der Waals surface area contributed by atoms with Crippen LogP contribution in [0.1, 0.15) is 10.5 Å². The second-order valence-corrected chi connectivity index (χ2v) is 3.83. The van der Waals surface area contributed by atoms with Crippen LogP contribution in [0.3, 0.4) is 0 Å². The number of carbonyl (C=O) groups is 1. The molecule has 2 rings (SSSR count). The molecule has 0 saturated carbocycles. The highest BCUT2D eigenvalue weighted by atomic mass is 35.5. The molecular weight excluding hydrogens is 272 g/mol. The lowest BCUT2D eigenvalue weighted by Gasteiger charge is -2.05. The van der Waals surface area contributed by atoms with Crippen molar-refractivity contribution in [3.63, 3.8) is 0 Å². The van der Waals surface area contributed by atoms with Gasteiger partial charge in [-0.25, -0.2) is 4.98 Å². The molecule has 0 saturated heterocycles. The van der Waals surface area contributed by atoms with Crippen LogP contribution in [0.25, 0.3) is 0 Å². The fourth-order valence-electron chi connectivity index (χ4n) is 1.31. The van der Waals surface area contributed by atoms with Gasteiger partial charge in [-0.05, 0) is 6.07 Å². The van der Waals surface area contributed by atoms with Crippen molar-refractivity contribution in [2.45, 2.75) is 0 Å². The van der Waals surface area contributed by atoms with Crippen LogP contribution in [-0.4, -0.2) is 28.0 Å². The molecule has 0 atom stereocenters. The molecule has 0 aliphatic rings. The predicted octanol–water partition coefficient (Wildman–Crippen LogP) is 1.08. The molecule has 98 valence electrons. The Labute approximate surface area is 112 Å². The highest BCUT2D eigenvalue weighted by Crippen LogP contribution is 2.15. The van der Waals surface area contributed by atoms with Gasteiger partial charge in [0.1, 0.15) is 10.8 Å². The van der Waals surface area contributed by atoms with Gasteiger partial charge in [0, 0.05) is 12.1 Å². The average Bonchev–Trinajstić information content (AvgIpc) is 2.38. The highest BCUT2D eigenvalue weighted by Gasteiger charge is 2.10. The maximum absolute atomic E-state index is 11.8. The SMILES string of the molecule is COc1cc(Cl)nc(NC(=O)c2cccc(=O)[nH]2)n1. The van der Waals surface area contributed by atoms with Crippen LogP contribution in [0.4, 0.5) is 5.95 Å². The maximum atomic E-state index is 11.8. The Hall–Kier alpha value is -2.41. The van der Waals surface area contributed by atoms with E-state index in [0.29, 0.717) is 0 Å². The zero-order valence-electron chi connectivity index (χ0n) is 9.81. The molecule has 19 heavy (non-hydrogen) atoms. The van der Waals surface area contributed by atoms with Crippen LogP contribution in [0, 0.1) is 0 Å². The Balaban J connectivity index is 2.24. The number of H-pyrrole nitrogens is 1. The molecule has 0 radical (unpaired) electrons. The molecule has 2 heterocycles. The number of anilines is 1. The highest BCUT2D eigenvalue weighted by molar-refractivity contribution is 6.29. The van der Waals surface area contributed by atoms with Gasteiger partial charge < -0.3 is 9.72 Å². The number of aromatic amines is 1. The van der Waals surface area contributed by atoms with E-state index in [0.717, 1.165) is 0 Å². The van der Waals surface area contributed by atoms with Gasteiger partial charge in [-0.2, -0.15) is 4.98 Å². The van der Waals surface area contributed by atoms with Crippen LogP contribution in [0.2, 0.25) is 5.15 Å². The number of nitrogens with zero attached hydrogens (tertiary/aromatic N) is 2. The van der Waals surface area contributed by atoms with E-state index in [2.05, 4.69) is 20.3 Å². The first-order valence-electron chi connectivity index (χ1n) is 5.18. The van der Waals surface area contributed by atoms with Crippen molar-refractivity contribution in [3.05, 3.63) is 45.5 Å². The Kier molecular flexibility index (Phi) is 3.76. The number of halogens is 1. The number of pyridine rings is 1. The second-order valence-electron chi connectivity index (χ2n) is 3.44. The number of aromatic nitrogens is 3. The summed E-state index contributed by atoms with van der Waals surface area (Å²) in [4.78, 5) is 33.0. The van der Waals surface area contributed by atoms with Gasteiger partial charge in [-0.3, -0.25) is 14.9 Å². The minimum Gasteiger partial charge on any atom is -0.481 e. The van der Waals surface area contributed by atoms with Crippen molar-refractivity contribution < 1.29 is 9.53 Å². The van der Waals surface area contributed by atoms with Crippen LogP contribution >= 0.6 is 11.6 Å². The van der Waals surface area contributed by atoms with Gasteiger partial charge in [-0.15, -0.1) is 0 Å². The van der Waals surface area contributed by atoms with E-state index in [1.54, 1.807) is 0 Å². The smallest absolute Gasteiger partial charge is 0.274 e. The largest absolute Gasteiger partial charge is 0.481 e. The molecule has 0 aliphatic heterocycles. The summed E-state index contributed by atoms with van der Waals surface area (Å²) in [6, 6.07) is 5.63. The third-order valence-electron chi connectivity index (χ3n) is 2.12. The Bertz CT molecular complexity index is 671. The van der Waals surface area contributed by atoms with Crippen molar-refractivity contribution in [1.29, 1.82) is 0 Å². The summed E-state index contributed by atoms with van der Waals surface area (Å²) >= 11 is 5.74. The lowest BCUT2D eigenvalue weighted by atomic mass is 10.3. The molecule has 0 bridgehead atoms. The Morgan fingerprint density at radius 2 is 2.21 bits per heavy atom. The first-order valence-corrected chi connectivity index (χ1v) is 5.55. The fourth-order valence-corrected chi connectivity index (χ4v) is 1.48. The molecule has 0 aromatic carbocycles. The summed E-state index contributed by atoms with van der Waals surface area (Å²) in [7, 11) is 1.42. The predicted molar refractivity (Wildman–Crippen MR) is 68.6 cm³/mol. The second kappa shape index (κ2) is 5.49. The fraction of sp³-hybridized carbons (Fsp3) is 0.0909. The lowest BCUT2D eigenvalue weighted by Crippen LogP contribution is -2.19. The molecule has 0 unspecified atom stereocenters. The first kappa shape index (κ1) is 13.0. The van der Waals surface area contributed by atoms with Crippen LogP contribution in [0.15, 0.2) is 29.1 Å². The van der Waals surface area contributed by atoms with Gasteiger partial charge in [0.15, 0.2) is 0 Å². The molecule has 8 heteroatoms. The molecule has 2 aromatic heterocycles. The number of hydrogen-bond donors (Lipinski definition) is 2. The topological polar surface area (TPSA) is 97.0 Å². The van der Waals surface area contributed by atoms with Gasteiger partial charge in [0.25, 0.3) is 5.91 Å². The Morgan fingerprint density at radius 3 is 2.89 bits per heavy atom. The Morgan fingerprint density at radius 1 is 1.42 bits per heavy atom. The molecule has 7 nitrogen and oxygen atoms in total. The first-order chi connectivity index (χ1) is 9.08. The number of ether oxygens (including phenoxy) is 1. The van der Waals surface area contributed by atoms with E-state index in [1.807, 2.05) is 0 Å². The molecule has 2 N–H and O–H groups in total. The minimum absolute atomic E-state index is 0.0148. The summed E-state index contributed by atoms with van der Waals surface area (Å²) in [5.41, 5.74) is -0.285. The zero-order valence-corrected chi connectivity index (χ0v) is 10.6. The normalized spacial score (nSPS) is 10.0. The average molecular weight is 281 g/mol. The molecule has 0 aliphatic carbocycles. The van der Waals surface area contributed by atoms with Gasteiger partial charge in [-0.1, -0.05) is 17.7 Å². The van der Waals surface area contributed by atoms with E-state index in [-0.39, 0.29) is 28.2 Å². The van der Waals surface area contributed by atoms with E-state index in [9.17, 15) is 9.59 Å². The molecule has 2 aromatic rings. The molecule has 0 fully saturated rings. The summed E-state index contributed by atoms with van der Waals surface area (Å²) < 4.78 is 4.90. The zero-order chi connectivity index (χ0) is 13.8. The number of carbonyl (C=O) groups excluding carboxylic acids is 1. The third-order valence-corrected chi connectivity index (χ3v) is 2.31. The van der Waals surface area contributed by atoms with E-state index in [1.165, 1.54) is 31.4 Å². The monoisotopic (exact) mass is 280 g/mol. The van der Waals surface area contributed by atoms with E-state index in [4.69, 9.17) is 16.3 Å². The van der Waals surface area contributed by atoms with Crippen molar-refractivity contribution in [1.82, 2.24) is 15.0 Å². The van der Waals surface area contributed by atoms with Gasteiger partial charge in [0.05, 0.1) is 7.11 Å². The summed E-state index contributed by atoms with van der Waals surface area (Å²) in [6.07, 6.45) is 0. The number of rotatable bonds is 3. The quantitative estimate of drug-likeness (QED) is 0.820. The summed E-state index contributed by atoms with van der Waals surface area (Å²) in [6.45, 7) is 0. The number of nitrogens with one attached hydrogen (secondary N) is 2.